The molecule has 260 valence electrons. The predicted molar refractivity (Wildman–Crippen MR) is 235 cm³/mol. The summed E-state index contributed by atoms with van der Waals surface area (Å²) in [5, 5.41) is 5.14. The monoisotopic (exact) mass is 701 g/mol. The van der Waals surface area contributed by atoms with E-state index in [4.69, 9.17) is 0 Å². The van der Waals surface area contributed by atoms with E-state index in [2.05, 4.69) is 217 Å². The predicted octanol–water partition coefficient (Wildman–Crippen LogP) is 15.1. The van der Waals surface area contributed by atoms with E-state index in [1.165, 1.54) is 77.2 Å². The molecular weight excluding hydrogens is 663 g/mol. The van der Waals surface area contributed by atoms with Crippen LogP contribution in [0.4, 0.5) is 17.1 Å². The van der Waals surface area contributed by atoms with Crippen molar-refractivity contribution in [2.45, 2.75) is 12.8 Å². The lowest BCUT2D eigenvalue weighted by Gasteiger charge is -2.29. The first kappa shape index (κ1) is 32.7. The Morgan fingerprint density at radius 1 is 0.364 bits per heavy atom. The molecule has 0 N–H and O–H groups in total. The topological polar surface area (TPSA) is 3.24 Å². The van der Waals surface area contributed by atoms with Gasteiger partial charge in [0.05, 0.1) is 5.69 Å². The van der Waals surface area contributed by atoms with Gasteiger partial charge >= 0.3 is 0 Å². The molecule has 0 spiro atoms. The molecule has 0 unspecified atom stereocenters. The second-order valence-electron chi connectivity index (χ2n) is 14.4. The molecule has 55 heavy (non-hydrogen) atoms. The lowest BCUT2D eigenvalue weighted by Crippen LogP contribution is -2.12. The zero-order chi connectivity index (χ0) is 36.6. The van der Waals surface area contributed by atoms with Crippen LogP contribution < -0.4 is 4.90 Å². The van der Waals surface area contributed by atoms with Crippen LogP contribution in [0.1, 0.15) is 17.5 Å². The van der Waals surface area contributed by atoms with Gasteiger partial charge in [0.1, 0.15) is 0 Å². The smallest absolute Gasteiger partial charge is 0.0546 e. The Hall–Kier alpha value is -6.96. The van der Waals surface area contributed by atoms with Crippen LogP contribution in [0.25, 0.3) is 72.1 Å². The van der Waals surface area contributed by atoms with Gasteiger partial charge in [-0.05, 0) is 127 Å². The van der Waals surface area contributed by atoms with E-state index in [1.807, 2.05) is 0 Å². The van der Waals surface area contributed by atoms with Gasteiger partial charge in [0.25, 0.3) is 0 Å². The van der Waals surface area contributed by atoms with E-state index in [-0.39, 0.29) is 0 Å². The average Bonchev–Trinajstić information content (AvgIpc) is 3.27. The fourth-order valence-electron chi connectivity index (χ4n) is 8.37. The Balaban J connectivity index is 1.20. The average molecular weight is 702 g/mol. The Kier molecular flexibility index (Phi) is 8.39. The third-order valence-electron chi connectivity index (χ3n) is 11.1. The van der Waals surface area contributed by atoms with Crippen molar-refractivity contribution in [2.75, 3.05) is 4.90 Å². The molecule has 10 rings (SSSR count). The van der Waals surface area contributed by atoms with Crippen molar-refractivity contribution < 1.29 is 0 Å². The molecule has 0 heterocycles. The van der Waals surface area contributed by atoms with Crippen LogP contribution in [0.3, 0.4) is 0 Å². The Morgan fingerprint density at radius 2 is 1.00 bits per heavy atom. The number of fused-ring (bicyclic) bond motifs is 4. The summed E-state index contributed by atoms with van der Waals surface area (Å²) in [6.07, 6.45) is 6.80. The van der Waals surface area contributed by atoms with Gasteiger partial charge in [0.15, 0.2) is 0 Å². The van der Waals surface area contributed by atoms with Gasteiger partial charge < -0.3 is 4.90 Å². The normalized spacial score (nSPS) is 12.1. The van der Waals surface area contributed by atoms with E-state index in [0.29, 0.717) is 0 Å². The van der Waals surface area contributed by atoms with Crippen LogP contribution in [-0.2, 0) is 6.42 Å². The van der Waals surface area contributed by atoms with Crippen LogP contribution in [-0.4, -0.2) is 0 Å². The van der Waals surface area contributed by atoms with Crippen LogP contribution in [0.15, 0.2) is 206 Å². The SMILES string of the molecule is C1=Cc2c(-c3ccc(-c4ccccc4)c(N(c4ccc(-c5ccccc5)cc4)c4cccc(-c5ccc6ccccc6c5)c4)c3)cc3ccccc3c2CC1. The molecule has 9 aromatic rings. The fourth-order valence-corrected chi connectivity index (χ4v) is 8.37. The summed E-state index contributed by atoms with van der Waals surface area (Å²) in [5.41, 5.74) is 15.7. The van der Waals surface area contributed by atoms with Gasteiger partial charge in [-0.15, -0.1) is 0 Å². The molecule has 0 bridgehead atoms. The minimum atomic E-state index is 1.05. The molecule has 1 heteroatoms. The second kappa shape index (κ2) is 14.1. The highest BCUT2D eigenvalue weighted by Gasteiger charge is 2.21. The first-order valence-electron chi connectivity index (χ1n) is 19.2. The number of rotatable bonds is 7. The van der Waals surface area contributed by atoms with Crippen molar-refractivity contribution in [3.05, 3.63) is 217 Å². The van der Waals surface area contributed by atoms with Crippen molar-refractivity contribution in [3.8, 4) is 44.5 Å². The summed E-state index contributed by atoms with van der Waals surface area (Å²) in [6.45, 7) is 0. The summed E-state index contributed by atoms with van der Waals surface area (Å²) in [4.78, 5) is 2.45. The number of allylic oxidation sites excluding steroid dienone is 1. The summed E-state index contributed by atoms with van der Waals surface area (Å²) < 4.78 is 0. The lowest BCUT2D eigenvalue weighted by molar-refractivity contribution is 0.998. The third kappa shape index (κ3) is 6.20. The van der Waals surface area contributed by atoms with E-state index in [9.17, 15) is 0 Å². The van der Waals surface area contributed by atoms with E-state index in [0.717, 1.165) is 29.9 Å². The summed E-state index contributed by atoms with van der Waals surface area (Å²) in [7, 11) is 0. The molecule has 0 radical (unpaired) electrons. The molecule has 1 aliphatic carbocycles. The van der Waals surface area contributed by atoms with Gasteiger partial charge in [0.2, 0.25) is 0 Å². The number of hydrogen-bond donors (Lipinski definition) is 0. The molecule has 1 nitrogen and oxygen atoms in total. The number of benzene rings is 9. The summed E-state index contributed by atoms with van der Waals surface area (Å²) in [6, 6.07) is 73.2. The molecule has 0 atom stereocenters. The maximum atomic E-state index is 2.45. The molecule has 9 aromatic carbocycles. The highest BCUT2D eigenvalue weighted by molar-refractivity contribution is 5.99. The van der Waals surface area contributed by atoms with Gasteiger partial charge in [-0.1, -0.05) is 170 Å². The van der Waals surface area contributed by atoms with E-state index < -0.39 is 0 Å². The standard InChI is InChI=1S/C54H39N/c1-3-14-38(15-4-1)40-28-31-47(32-29-40)55(48-22-13-21-43(35-48)44-27-26-39-16-7-8-19-42(39)34-44)54-37-46(30-33-50(54)41-17-5-2-6-18-41)53-36-45-20-9-10-23-49(45)51-24-11-12-25-52(51)53/h1-10,12-23,25-37H,11,24H2. The number of anilines is 3. The number of aryl methyl sites for hydroxylation is 1. The first-order valence-corrected chi connectivity index (χ1v) is 19.2. The zero-order valence-corrected chi connectivity index (χ0v) is 30.6. The van der Waals surface area contributed by atoms with Crippen LogP contribution in [0.5, 0.6) is 0 Å². The van der Waals surface area contributed by atoms with Crippen molar-refractivity contribution >= 4 is 44.7 Å². The van der Waals surface area contributed by atoms with Crippen LogP contribution in [0, 0.1) is 0 Å². The minimum absolute atomic E-state index is 1.05. The van der Waals surface area contributed by atoms with Gasteiger partial charge in [-0.25, -0.2) is 0 Å². The Labute approximate surface area is 323 Å². The zero-order valence-electron chi connectivity index (χ0n) is 30.6. The molecular formula is C54H39N. The molecule has 0 fully saturated rings. The second-order valence-corrected chi connectivity index (χ2v) is 14.4. The van der Waals surface area contributed by atoms with Crippen molar-refractivity contribution in [1.29, 1.82) is 0 Å². The van der Waals surface area contributed by atoms with Crippen molar-refractivity contribution in [3.63, 3.8) is 0 Å². The molecule has 0 amide bonds. The first-order chi connectivity index (χ1) is 27.3. The fraction of sp³-hybridized carbons (Fsp3) is 0.0370. The molecule has 0 aliphatic heterocycles. The van der Waals surface area contributed by atoms with Crippen LogP contribution >= 0.6 is 0 Å². The van der Waals surface area contributed by atoms with E-state index in [1.54, 1.807) is 0 Å². The lowest BCUT2D eigenvalue weighted by atomic mass is 9.85. The van der Waals surface area contributed by atoms with Crippen LogP contribution in [0.2, 0.25) is 0 Å². The Bertz CT molecular complexity index is 2850. The number of nitrogens with zero attached hydrogens (tertiary/aromatic N) is 1. The molecule has 1 aliphatic rings. The molecule has 0 saturated heterocycles. The largest absolute Gasteiger partial charge is 0.310 e. The maximum absolute atomic E-state index is 2.45. The highest BCUT2D eigenvalue weighted by atomic mass is 15.1. The van der Waals surface area contributed by atoms with E-state index >= 15 is 0 Å². The Morgan fingerprint density at radius 3 is 1.82 bits per heavy atom. The summed E-state index contributed by atoms with van der Waals surface area (Å²) >= 11 is 0. The number of hydrogen-bond acceptors (Lipinski definition) is 1. The maximum Gasteiger partial charge on any atom is 0.0546 e. The van der Waals surface area contributed by atoms with Gasteiger partial charge in [-0.3, -0.25) is 0 Å². The van der Waals surface area contributed by atoms with Gasteiger partial charge in [0, 0.05) is 16.9 Å². The quantitative estimate of drug-likeness (QED) is 0.160. The third-order valence-corrected chi connectivity index (χ3v) is 11.1. The summed E-state index contributed by atoms with van der Waals surface area (Å²) in [5.74, 6) is 0. The molecule has 0 aromatic heterocycles. The minimum Gasteiger partial charge on any atom is -0.310 e. The van der Waals surface area contributed by atoms with Crippen molar-refractivity contribution in [1.82, 2.24) is 0 Å². The highest BCUT2D eigenvalue weighted by Crippen LogP contribution is 2.46. The van der Waals surface area contributed by atoms with Gasteiger partial charge in [-0.2, -0.15) is 0 Å². The van der Waals surface area contributed by atoms with Crippen molar-refractivity contribution in [2.24, 2.45) is 0 Å². The molecule has 0 saturated carbocycles.